The van der Waals surface area contributed by atoms with Crippen molar-refractivity contribution in [1.29, 1.82) is 0 Å². The van der Waals surface area contributed by atoms with Crippen molar-refractivity contribution in [3.05, 3.63) is 35.1 Å². The predicted octanol–water partition coefficient (Wildman–Crippen LogP) is 3.04. The fourth-order valence-corrected chi connectivity index (χ4v) is 2.75. The number of aliphatic hydroxyl groups is 1. The second kappa shape index (κ2) is 5.92. The van der Waals surface area contributed by atoms with Crippen LogP contribution < -0.4 is 5.73 Å². The van der Waals surface area contributed by atoms with Gasteiger partial charge in [-0.1, -0.05) is 19.3 Å². The molecule has 2 nitrogen and oxygen atoms in total. The van der Waals surface area contributed by atoms with Gasteiger partial charge in [-0.3, -0.25) is 0 Å². The SMILES string of the molecule is N[C@@H](c1cc(F)c(F)cc1F)[C@H](O)C1CCCCC1. The van der Waals surface area contributed by atoms with Crippen molar-refractivity contribution in [2.24, 2.45) is 11.7 Å². The minimum absolute atomic E-state index is 0.00346. The molecule has 1 saturated carbocycles. The molecule has 2 atom stereocenters. The third-order valence-corrected chi connectivity index (χ3v) is 3.90. The molecule has 106 valence electrons. The van der Waals surface area contributed by atoms with Crippen LogP contribution in [0.15, 0.2) is 12.1 Å². The van der Waals surface area contributed by atoms with Crippen molar-refractivity contribution >= 4 is 0 Å². The number of hydrogen-bond donors (Lipinski definition) is 2. The van der Waals surface area contributed by atoms with Gasteiger partial charge in [0.05, 0.1) is 12.1 Å². The molecule has 1 aliphatic carbocycles. The van der Waals surface area contributed by atoms with Crippen molar-refractivity contribution in [2.75, 3.05) is 0 Å². The zero-order valence-corrected chi connectivity index (χ0v) is 10.6. The number of aliphatic hydroxyl groups excluding tert-OH is 1. The zero-order valence-electron chi connectivity index (χ0n) is 10.6. The second-order valence-electron chi connectivity index (χ2n) is 5.20. The fourth-order valence-electron chi connectivity index (χ4n) is 2.75. The maximum Gasteiger partial charge on any atom is 0.161 e. The summed E-state index contributed by atoms with van der Waals surface area (Å²) in [6.07, 6.45) is 3.88. The summed E-state index contributed by atoms with van der Waals surface area (Å²) in [6, 6.07) is 0.178. The molecule has 2 rings (SSSR count). The van der Waals surface area contributed by atoms with Crippen LogP contribution in [-0.2, 0) is 0 Å². The van der Waals surface area contributed by atoms with Crippen molar-refractivity contribution in [3.8, 4) is 0 Å². The molecule has 0 heterocycles. The van der Waals surface area contributed by atoms with E-state index in [2.05, 4.69) is 0 Å². The number of nitrogens with two attached hydrogens (primary N) is 1. The Bertz CT molecular complexity index is 447. The fraction of sp³-hybridized carbons (Fsp3) is 0.571. The van der Waals surface area contributed by atoms with Gasteiger partial charge in [0.2, 0.25) is 0 Å². The highest BCUT2D eigenvalue weighted by Gasteiger charge is 2.29. The van der Waals surface area contributed by atoms with Gasteiger partial charge >= 0.3 is 0 Å². The summed E-state index contributed by atoms with van der Waals surface area (Å²) in [6.45, 7) is 0. The lowest BCUT2D eigenvalue weighted by Crippen LogP contribution is -2.34. The van der Waals surface area contributed by atoms with E-state index >= 15 is 0 Å². The third kappa shape index (κ3) is 3.09. The van der Waals surface area contributed by atoms with Gasteiger partial charge in [0, 0.05) is 11.6 Å². The van der Waals surface area contributed by atoms with Crippen LogP contribution in [0.5, 0.6) is 0 Å². The molecule has 1 aromatic carbocycles. The summed E-state index contributed by atoms with van der Waals surface area (Å²) in [5.41, 5.74) is 5.64. The van der Waals surface area contributed by atoms with Crippen LogP contribution in [0.3, 0.4) is 0 Å². The van der Waals surface area contributed by atoms with Gasteiger partial charge < -0.3 is 10.8 Å². The number of rotatable bonds is 3. The van der Waals surface area contributed by atoms with Crippen molar-refractivity contribution in [1.82, 2.24) is 0 Å². The Morgan fingerprint density at radius 3 is 2.21 bits per heavy atom. The molecular weight excluding hydrogens is 255 g/mol. The second-order valence-corrected chi connectivity index (χ2v) is 5.20. The van der Waals surface area contributed by atoms with Crippen molar-refractivity contribution in [3.63, 3.8) is 0 Å². The first-order valence-electron chi connectivity index (χ1n) is 6.59. The monoisotopic (exact) mass is 273 g/mol. The molecule has 1 aromatic rings. The van der Waals surface area contributed by atoms with Crippen LogP contribution in [0.2, 0.25) is 0 Å². The molecule has 5 heteroatoms. The largest absolute Gasteiger partial charge is 0.391 e. The van der Waals surface area contributed by atoms with Crippen molar-refractivity contribution in [2.45, 2.75) is 44.2 Å². The molecule has 19 heavy (non-hydrogen) atoms. The lowest BCUT2D eigenvalue weighted by atomic mass is 9.81. The Morgan fingerprint density at radius 1 is 1.00 bits per heavy atom. The number of hydrogen-bond acceptors (Lipinski definition) is 2. The Kier molecular flexibility index (Phi) is 4.47. The summed E-state index contributed by atoms with van der Waals surface area (Å²) in [5, 5.41) is 10.2. The molecule has 0 unspecified atom stereocenters. The van der Waals surface area contributed by atoms with Crippen LogP contribution in [0.1, 0.15) is 43.7 Å². The average molecular weight is 273 g/mol. The first-order chi connectivity index (χ1) is 9.00. The van der Waals surface area contributed by atoms with E-state index < -0.39 is 29.6 Å². The van der Waals surface area contributed by atoms with Crippen LogP contribution in [0, 0.1) is 23.4 Å². The first kappa shape index (κ1) is 14.3. The Balaban J connectivity index is 2.18. The quantitative estimate of drug-likeness (QED) is 0.831. The van der Waals surface area contributed by atoms with Crippen LogP contribution in [0.4, 0.5) is 13.2 Å². The number of halogens is 3. The Hall–Kier alpha value is -1.07. The van der Waals surface area contributed by atoms with Crippen molar-refractivity contribution < 1.29 is 18.3 Å². The van der Waals surface area contributed by atoms with E-state index in [1.54, 1.807) is 0 Å². The molecule has 0 bridgehead atoms. The molecule has 1 fully saturated rings. The standard InChI is InChI=1S/C14H18F3NO/c15-10-7-12(17)11(16)6-9(10)13(18)14(19)8-4-2-1-3-5-8/h6-8,13-14,19H,1-5,18H2/t13-,14+/m0/s1. The van der Waals surface area contributed by atoms with Crippen LogP contribution in [0.25, 0.3) is 0 Å². The van der Waals surface area contributed by atoms with Gasteiger partial charge in [-0.05, 0) is 24.8 Å². The molecule has 1 aliphatic rings. The van der Waals surface area contributed by atoms with Crippen LogP contribution in [-0.4, -0.2) is 11.2 Å². The summed E-state index contributed by atoms with van der Waals surface area (Å²) >= 11 is 0. The minimum atomic E-state index is -1.25. The van der Waals surface area contributed by atoms with Crippen LogP contribution >= 0.6 is 0 Å². The molecule has 0 spiro atoms. The summed E-state index contributed by atoms with van der Waals surface area (Å²) in [5.74, 6) is -3.32. The molecule has 0 aliphatic heterocycles. The minimum Gasteiger partial charge on any atom is -0.391 e. The smallest absolute Gasteiger partial charge is 0.161 e. The third-order valence-electron chi connectivity index (χ3n) is 3.90. The van der Waals surface area contributed by atoms with E-state index in [4.69, 9.17) is 5.73 Å². The molecule has 0 saturated heterocycles. The highest BCUT2D eigenvalue weighted by atomic mass is 19.2. The maximum absolute atomic E-state index is 13.6. The first-order valence-corrected chi connectivity index (χ1v) is 6.59. The van der Waals surface area contributed by atoms with E-state index in [-0.39, 0.29) is 11.5 Å². The van der Waals surface area contributed by atoms with E-state index in [9.17, 15) is 18.3 Å². The van der Waals surface area contributed by atoms with Gasteiger partial charge in [0.25, 0.3) is 0 Å². The molecule has 3 N–H and O–H groups in total. The molecular formula is C14H18F3NO. The number of benzene rings is 1. The molecule has 0 amide bonds. The molecule has 0 aromatic heterocycles. The van der Waals surface area contributed by atoms with Gasteiger partial charge in [-0.15, -0.1) is 0 Å². The van der Waals surface area contributed by atoms with Gasteiger partial charge in [-0.2, -0.15) is 0 Å². The summed E-state index contributed by atoms with van der Waals surface area (Å²) in [4.78, 5) is 0. The van der Waals surface area contributed by atoms with Gasteiger partial charge in [0.1, 0.15) is 5.82 Å². The highest BCUT2D eigenvalue weighted by molar-refractivity contribution is 5.24. The zero-order chi connectivity index (χ0) is 14.0. The van der Waals surface area contributed by atoms with E-state index in [1.165, 1.54) is 0 Å². The maximum atomic E-state index is 13.6. The topological polar surface area (TPSA) is 46.2 Å². The summed E-state index contributed by atoms with van der Waals surface area (Å²) < 4.78 is 39.6. The van der Waals surface area contributed by atoms with Gasteiger partial charge in [-0.25, -0.2) is 13.2 Å². The Morgan fingerprint density at radius 2 is 1.58 bits per heavy atom. The predicted molar refractivity (Wildman–Crippen MR) is 65.8 cm³/mol. The molecule has 0 radical (unpaired) electrons. The lowest BCUT2D eigenvalue weighted by molar-refractivity contribution is 0.0606. The average Bonchev–Trinajstić information content (AvgIpc) is 2.42. The lowest BCUT2D eigenvalue weighted by Gasteiger charge is -2.30. The van der Waals surface area contributed by atoms with E-state index in [0.717, 1.165) is 38.2 Å². The van der Waals surface area contributed by atoms with E-state index in [0.29, 0.717) is 6.07 Å². The highest BCUT2D eigenvalue weighted by Crippen LogP contribution is 2.32. The Labute approximate surface area is 110 Å². The van der Waals surface area contributed by atoms with E-state index in [1.807, 2.05) is 0 Å². The summed E-state index contributed by atoms with van der Waals surface area (Å²) in [7, 11) is 0. The normalized spacial score (nSPS) is 20.3. The van der Waals surface area contributed by atoms with Gasteiger partial charge in [0.15, 0.2) is 11.6 Å².